The Labute approximate surface area is 84.7 Å². The number of hydrogen-bond acceptors (Lipinski definition) is 4. The standard InChI is InChI=1S/C10H18N2O2/c1-13-10(11)14-7-9-6-12-4-2-8(9)3-5-12/h8-9,11H,2-7H2,1H3. The summed E-state index contributed by atoms with van der Waals surface area (Å²) >= 11 is 0. The maximum absolute atomic E-state index is 7.23. The van der Waals surface area contributed by atoms with Crippen LogP contribution in [0.2, 0.25) is 0 Å². The largest absolute Gasteiger partial charge is 0.454 e. The maximum Gasteiger partial charge on any atom is 0.380 e. The van der Waals surface area contributed by atoms with Crippen LogP contribution in [0.25, 0.3) is 0 Å². The number of ether oxygens (including phenoxy) is 2. The average Bonchev–Trinajstić information content (AvgIpc) is 2.27. The molecule has 0 spiro atoms. The van der Waals surface area contributed by atoms with Crippen LogP contribution in [0, 0.1) is 17.2 Å². The molecule has 80 valence electrons. The molecule has 1 atom stereocenters. The van der Waals surface area contributed by atoms with Crippen molar-refractivity contribution in [1.82, 2.24) is 4.90 Å². The topological polar surface area (TPSA) is 45.6 Å². The Morgan fingerprint density at radius 1 is 1.43 bits per heavy atom. The molecular formula is C10H18N2O2. The summed E-state index contributed by atoms with van der Waals surface area (Å²) in [7, 11) is 1.47. The van der Waals surface area contributed by atoms with E-state index in [1.807, 2.05) is 0 Å². The normalized spacial score (nSPS) is 35.4. The van der Waals surface area contributed by atoms with E-state index in [9.17, 15) is 0 Å². The fourth-order valence-corrected chi connectivity index (χ4v) is 2.52. The molecule has 14 heavy (non-hydrogen) atoms. The van der Waals surface area contributed by atoms with Gasteiger partial charge in [0, 0.05) is 12.5 Å². The highest BCUT2D eigenvalue weighted by molar-refractivity contribution is 5.62. The van der Waals surface area contributed by atoms with Crippen LogP contribution in [0.3, 0.4) is 0 Å². The molecule has 0 aromatic carbocycles. The van der Waals surface area contributed by atoms with Crippen LogP contribution < -0.4 is 0 Å². The van der Waals surface area contributed by atoms with Crippen LogP contribution in [0.4, 0.5) is 0 Å². The van der Waals surface area contributed by atoms with E-state index in [4.69, 9.17) is 10.1 Å². The molecule has 3 aliphatic heterocycles. The molecule has 3 rings (SSSR count). The Kier molecular flexibility index (Phi) is 2.91. The van der Waals surface area contributed by atoms with Gasteiger partial charge in [-0.05, 0) is 31.8 Å². The molecule has 0 amide bonds. The molecule has 1 N–H and O–H groups in total. The van der Waals surface area contributed by atoms with Crippen LogP contribution >= 0.6 is 0 Å². The smallest absolute Gasteiger partial charge is 0.380 e. The lowest BCUT2D eigenvalue weighted by atomic mass is 9.79. The summed E-state index contributed by atoms with van der Waals surface area (Å²) in [6, 6.07) is 0. The predicted molar refractivity (Wildman–Crippen MR) is 53.3 cm³/mol. The summed E-state index contributed by atoms with van der Waals surface area (Å²) < 4.78 is 9.89. The number of hydrogen-bond donors (Lipinski definition) is 1. The third kappa shape index (κ3) is 2.00. The Bertz CT molecular complexity index is 212. The second-order valence-corrected chi connectivity index (χ2v) is 4.20. The zero-order chi connectivity index (χ0) is 9.97. The van der Waals surface area contributed by atoms with Gasteiger partial charge in [-0.25, -0.2) is 5.41 Å². The van der Waals surface area contributed by atoms with E-state index < -0.39 is 0 Å². The van der Waals surface area contributed by atoms with E-state index in [0.717, 1.165) is 12.5 Å². The van der Waals surface area contributed by atoms with Gasteiger partial charge in [0.05, 0.1) is 13.7 Å². The van der Waals surface area contributed by atoms with Gasteiger partial charge in [-0.15, -0.1) is 0 Å². The predicted octanol–water partition coefficient (Wildman–Crippen LogP) is 0.926. The number of nitrogens with one attached hydrogen (secondary N) is 1. The van der Waals surface area contributed by atoms with E-state index >= 15 is 0 Å². The van der Waals surface area contributed by atoms with Crippen LogP contribution in [0.1, 0.15) is 12.8 Å². The zero-order valence-corrected chi connectivity index (χ0v) is 8.66. The van der Waals surface area contributed by atoms with Crippen molar-refractivity contribution in [1.29, 1.82) is 5.41 Å². The molecule has 0 radical (unpaired) electrons. The summed E-state index contributed by atoms with van der Waals surface area (Å²) in [5, 5.41) is 7.23. The van der Waals surface area contributed by atoms with Gasteiger partial charge >= 0.3 is 6.08 Å². The van der Waals surface area contributed by atoms with Crippen molar-refractivity contribution in [2.45, 2.75) is 12.8 Å². The third-order valence-electron chi connectivity index (χ3n) is 3.41. The van der Waals surface area contributed by atoms with Gasteiger partial charge < -0.3 is 14.4 Å². The molecule has 0 aromatic heterocycles. The Morgan fingerprint density at radius 3 is 2.64 bits per heavy atom. The Morgan fingerprint density at radius 2 is 2.14 bits per heavy atom. The van der Waals surface area contributed by atoms with E-state index in [1.54, 1.807) is 0 Å². The van der Waals surface area contributed by atoms with Crippen LogP contribution in [0.15, 0.2) is 0 Å². The maximum atomic E-state index is 7.23. The Hall–Kier alpha value is -0.770. The van der Waals surface area contributed by atoms with Gasteiger partial charge in [-0.3, -0.25) is 0 Å². The quantitative estimate of drug-likeness (QED) is 0.530. The monoisotopic (exact) mass is 198 g/mol. The van der Waals surface area contributed by atoms with Crippen LogP contribution in [0.5, 0.6) is 0 Å². The second-order valence-electron chi connectivity index (χ2n) is 4.20. The van der Waals surface area contributed by atoms with Gasteiger partial charge in [0.1, 0.15) is 0 Å². The first-order valence-electron chi connectivity index (χ1n) is 5.27. The van der Waals surface area contributed by atoms with Crippen molar-refractivity contribution in [3.8, 4) is 0 Å². The number of piperidine rings is 3. The second kappa shape index (κ2) is 4.17. The van der Waals surface area contributed by atoms with Gasteiger partial charge in [0.2, 0.25) is 0 Å². The summed E-state index contributed by atoms with van der Waals surface area (Å²) in [6.45, 7) is 4.29. The first-order chi connectivity index (χ1) is 6.79. The molecular weight excluding hydrogens is 180 g/mol. The number of rotatable bonds is 2. The minimum Gasteiger partial charge on any atom is -0.454 e. The number of methoxy groups -OCH3 is 1. The van der Waals surface area contributed by atoms with Gasteiger partial charge in [-0.1, -0.05) is 0 Å². The molecule has 4 nitrogen and oxygen atoms in total. The SMILES string of the molecule is COC(=N)OCC1CN2CCC1CC2. The molecule has 0 aliphatic carbocycles. The van der Waals surface area contributed by atoms with Gasteiger partial charge in [0.25, 0.3) is 0 Å². The molecule has 1 unspecified atom stereocenters. The molecule has 3 heterocycles. The lowest BCUT2D eigenvalue weighted by Crippen LogP contribution is -2.49. The Balaban J connectivity index is 1.78. The van der Waals surface area contributed by atoms with Crippen molar-refractivity contribution >= 4 is 6.08 Å². The van der Waals surface area contributed by atoms with E-state index in [2.05, 4.69) is 9.64 Å². The number of nitrogens with zero attached hydrogens (tertiary/aromatic N) is 1. The van der Waals surface area contributed by atoms with Crippen molar-refractivity contribution in [2.24, 2.45) is 11.8 Å². The van der Waals surface area contributed by atoms with Crippen LogP contribution in [-0.2, 0) is 9.47 Å². The van der Waals surface area contributed by atoms with E-state index in [-0.39, 0.29) is 6.08 Å². The average molecular weight is 198 g/mol. The van der Waals surface area contributed by atoms with Crippen LogP contribution in [-0.4, -0.2) is 44.3 Å². The molecule has 3 saturated heterocycles. The summed E-state index contributed by atoms with van der Waals surface area (Å²) in [4.78, 5) is 2.49. The highest BCUT2D eigenvalue weighted by Crippen LogP contribution is 2.32. The molecule has 3 aliphatic rings. The highest BCUT2D eigenvalue weighted by Gasteiger charge is 2.34. The zero-order valence-electron chi connectivity index (χ0n) is 8.66. The summed E-state index contributed by atoms with van der Waals surface area (Å²) in [5.74, 6) is 1.41. The lowest BCUT2D eigenvalue weighted by Gasteiger charge is -2.44. The molecule has 0 saturated carbocycles. The van der Waals surface area contributed by atoms with E-state index in [1.165, 1.54) is 33.0 Å². The fraction of sp³-hybridized carbons (Fsp3) is 0.900. The molecule has 0 aromatic rings. The van der Waals surface area contributed by atoms with Gasteiger partial charge in [-0.2, -0.15) is 0 Å². The van der Waals surface area contributed by atoms with Crippen molar-refractivity contribution in [3.63, 3.8) is 0 Å². The summed E-state index contributed by atoms with van der Waals surface area (Å²) in [6.07, 6.45) is 2.55. The third-order valence-corrected chi connectivity index (χ3v) is 3.41. The van der Waals surface area contributed by atoms with Crippen molar-refractivity contribution in [2.75, 3.05) is 33.4 Å². The minimum atomic E-state index is -0.0542. The van der Waals surface area contributed by atoms with Crippen molar-refractivity contribution < 1.29 is 9.47 Å². The molecule has 3 fully saturated rings. The summed E-state index contributed by atoms with van der Waals surface area (Å²) in [5.41, 5.74) is 0. The fourth-order valence-electron chi connectivity index (χ4n) is 2.52. The highest BCUT2D eigenvalue weighted by atomic mass is 16.7. The lowest BCUT2D eigenvalue weighted by molar-refractivity contribution is 0.0151. The first-order valence-corrected chi connectivity index (χ1v) is 5.27. The minimum absolute atomic E-state index is 0.0542. The van der Waals surface area contributed by atoms with Gasteiger partial charge in [0.15, 0.2) is 0 Å². The molecule has 2 bridgehead atoms. The first kappa shape index (κ1) is 9.77. The van der Waals surface area contributed by atoms with E-state index in [0.29, 0.717) is 12.5 Å². The van der Waals surface area contributed by atoms with Crippen molar-refractivity contribution in [3.05, 3.63) is 0 Å². The number of fused-ring (bicyclic) bond motifs is 3. The molecule has 4 heteroatoms.